The zero-order valence-electron chi connectivity index (χ0n) is 13.5. The third-order valence-electron chi connectivity index (χ3n) is 4.17. The predicted molar refractivity (Wildman–Crippen MR) is 91.5 cm³/mol. The minimum Gasteiger partial charge on any atom is -0.493 e. The molecule has 0 saturated carbocycles. The molecule has 1 aliphatic heterocycles. The molecule has 1 aromatic heterocycles. The van der Waals surface area contributed by atoms with Crippen molar-refractivity contribution in [3.63, 3.8) is 0 Å². The fourth-order valence-corrected chi connectivity index (χ4v) is 3.12. The van der Waals surface area contributed by atoms with E-state index in [1.165, 1.54) is 0 Å². The standard InChI is InChI=1S/C16H17N3O4S/c1-19-14-13(15(21)18-16(19)24)9(7-12(20)17-14)8-4-5-10(22-2)11(6-8)23-3/h4-6,9H,7H2,1-3H3,(H,17,20)(H,18,21,24). The molecule has 1 amide bonds. The molecule has 3 rings (SSSR count). The minimum absolute atomic E-state index is 0.169. The fourth-order valence-electron chi connectivity index (χ4n) is 2.94. The smallest absolute Gasteiger partial charge is 0.257 e. The Labute approximate surface area is 143 Å². The van der Waals surface area contributed by atoms with Crippen molar-refractivity contribution < 1.29 is 14.3 Å². The number of methoxy groups -OCH3 is 2. The van der Waals surface area contributed by atoms with Crippen molar-refractivity contribution in [2.45, 2.75) is 12.3 Å². The Morgan fingerprint density at radius 2 is 1.92 bits per heavy atom. The zero-order chi connectivity index (χ0) is 17.4. The molecule has 8 heteroatoms. The second-order valence-electron chi connectivity index (χ2n) is 5.50. The van der Waals surface area contributed by atoms with Crippen LogP contribution in [0, 0.1) is 4.77 Å². The van der Waals surface area contributed by atoms with Crippen LogP contribution in [0.5, 0.6) is 11.5 Å². The summed E-state index contributed by atoms with van der Waals surface area (Å²) in [5, 5.41) is 2.74. The maximum absolute atomic E-state index is 12.5. The summed E-state index contributed by atoms with van der Waals surface area (Å²) in [7, 11) is 4.80. The number of anilines is 1. The molecule has 0 bridgehead atoms. The van der Waals surface area contributed by atoms with Gasteiger partial charge in [0.25, 0.3) is 5.56 Å². The van der Waals surface area contributed by atoms with Gasteiger partial charge in [-0.2, -0.15) is 0 Å². The molecule has 2 heterocycles. The number of nitrogens with one attached hydrogen (secondary N) is 2. The van der Waals surface area contributed by atoms with Gasteiger partial charge in [0.2, 0.25) is 5.91 Å². The van der Waals surface area contributed by atoms with E-state index in [0.29, 0.717) is 22.9 Å². The molecule has 0 aliphatic carbocycles. The van der Waals surface area contributed by atoms with Crippen LogP contribution < -0.4 is 20.3 Å². The van der Waals surface area contributed by atoms with Gasteiger partial charge >= 0.3 is 0 Å². The first-order valence-corrected chi connectivity index (χ1v) is 7.72. The van der Waals surface area contributed by atoms with E-state index in [1.807, 2.05) is 6.07 Å². The highest BCUT2D eigenvalue weighted by Crippen LogP contribution is 2.38. The highest BCUT2D eigenvalue weighted by Gasteiger charge is 2.31. The van der Waals surface area contributed by atoms with Gasteiger partial charge in [0.1, 0.15) is 5.82 Å². The Hall–Kier alpha value is -2.61. The Morgan fingerprint density at radius 1 is 1.21 bits per heavy atom. The van der Waals surface area contributed by atoms with Crippen molar-refractivity contribution in [3.05, 3.63) is 44.5 Å². The molecule has 0 spiro atoms. The molecule has 0 fully saturated rings. The third-order valence-corrected chi connectivity index (χ3v) is 4.54. The lowest BCUT2D eigenvalue weighted by molar-refractivity contribution is -0.116. The lowest BCUT2D eigenvalue weighted by atomic mass is 9.86. The molecule has 1 unspecified atom stereocenters. The molecule has 7 nitrogen and oxygen atoms in total. The number of carbonyl (C=O) groups excluding carboxylic acids is 1. The van der Waals surface area contributed by atoms with Gasteiger partial charge in [0.15, 0.2) is 16.3 Å². The molecule has 1 aliphatic rings. The summed E-state index contributed by atoms with van der Waals surface area (Å²) in [6.45, 7) is 0. The average molecular weight is 347 g/mol. The highest BCUT2D eigenvalue weighted by atomic mass is 32.1. The lowest BCUT2D eigenvalue weighted by Crippen LogP contribution is -2.33. The van der Waals surface area contributed by atoms with Gasteiger partial charge in [-0.05, 0) is 29.9 Å². The van der Waals surface area contributed by atoms with E-state index in [1.54, 1.807) is 38.0 Å². The van der Waals surface area contributed by atoms with Gasteiger partial charge in [-0.15, -0.1) is 0 Å². The normalized spacial score (nSPS) is 16.3. The summed E-state index contributed by atoms with van der Waals surface area (Å²) in [4.78, 5) is 27.2. The monoisotopic (exact) mass is 347 g/mol. The number of aromatic amines is 1. The lowest BCUT2D eigenvalue weighted by Gasteiger charge is -2.27. The molecule has 24 heavy (non-hydrogen) atoms. The number of hydrogen-bond donors (Lipinski definition) is 2. The minimum atomic E-state index is -0.390. The van der Waals surface area contributed by atoms with Crippen molar-refractivity contribution in [1.82, 2.24) is 9.55 Å². The van der Waals surface area contributed by atoms with E-state index < -0.39 is 0 Å². The van der Waals surface area contributed by atoms with Crippen LogP contribution in [-0.2, 0) is 11.8 Å². The second-order valence-corrected chi connectivity index (χ2v) is 5.89. The number of nitrogens with zero attached hydrogens (tertiary/aromatic N) is 1. The summed E-state index contributed by atoms with van der Waals surface area (Å²) >= 11 is 5.11. The largest absolute Gasteiger partial charge is 0.493 e. The number of aromatic nitrogens is 2. The van der Waals surface area contributed by atoms with E-state index >= 15 is 0 Å². The molecule has 2 aromatic rings. The van der Waals surface area contributed by atoms with Gasteiger partial charge in [0.05, 0.1) is 19.8 Å². The molecular weight excluding hydrogens is 330 g/mol. The summed E-state index contributed by atoms with van der Waals surface area (Å²) in [6.07, 6.45) is 0.169. The highest BCUT2D eigenvalue weighted by molar-refractivity contribution is 7.71. The summed E-state index contributed by atoms with van der Waals surface area (Å²) in [5.41, 5.74) is 0.983. The Morgan fingerprint density at radius 3 is 2.58 bits per heavy atom. The molecule has 1 atom stereocenters. The Balaban J connectivity index is 2.21. The maximum atomic E-state index is 12.5. The Bertz CT molecular complexity index is 932. The molecule has 1 aromatic carbocycles. The summed E-state index contributed by atoms with van der Waals surface area (Å²) in [6, 6.07) is 5.37. The number of fused-ring (bicyclic) bond motifs is 1. The number of rotatable bonds is 3. The van der Waals surface area contributed by atoms with E-state index in [0.717, 1.165) is 5.56 Å². The average Bonchev–Trinajstić information content (AvgIpc) is 2.58. The predicted octanol–water partition coefficient (Wildman–Crippen LogP) is 1.93. The van der Waals surface area contributed by atoms with E-state index in [2.05, 4.69) is 10.3 Å². The summed E-state index contributed by atoms with van der Waals surface area (Å²) < 4.78 is 12.4. The number of H-pyrrole nitrogens is 1. The van der Waals surface area contributed by atoms with Gasteiger partial charge in [-0.3, -0.25) is 14.6 Å². The van der Waals surface area contributed by atoms with Crippen LogP contribution in [0.3, 0.4) is 0 Å². The fraction of sp³-hybridized carbons (Fsp3) is 0.312. The van der Waals surface area contributed by atoms with Crippen molar-refractivity contribution in [3.8, 4) is 11.5 Å². The van der Waals surface area contributed by atoms with Crippen LogP contribution >= 0.6 is 12.2 Å². The van der Waals surface area contributed by atoms with Crippen molar-refractivity contribution >= 4 is 23.9 Å². The van der Waals surface area contributed by atoms with Crippen LogP contribution in [0.25, 0.3) is 0 Å². The van der Waals surface area contributed by atoms with Gasteiger partial charge in [-0.1, -0.05) is 6.07 Å². The first-order valence-electron chi connectivity index (χ1n) is 7.31. The topological polar surface area (TPSA) is 85.4 Å². The van der Waals surface area contributed by atoms with Crippen molar-refractivity contribution in [2.24, 2.45) is 7.05 Å². The van der Waals surface area contributed by atoms with Crippen LogP contribution in [-0.4, -0.2) is 29.7 Å². The van der Waals surface area contributed by atoms with E-state index in [4.69, 9.17) is 21.7 Å². The van der Waals surface area contributed by atoms with E-state index in [9.17, 15) is 9.59 Å². The number of ether oxygens (including phenoxy) is 2. The van der Waals surface area contributed by atoms with Crippen LogP contribution in [0.2, 0.25) is 0 Å². The number of amides is 1. The maximum Gasteiger partial charge on any atom is 0.257 e. The molecule has 126 valence electrons. The van der Waals surface area contributed by atoms with Crippen LogP contribution in [0.1, 0.15) is 23.5 Å². The first-order chi connectivity index (χ1) is 11.5. The van der Waals surface area contributed by atoms with Crippen LogP contribution in [0.4, 0.5) is 5.82 Å². The van der Waals surface area contributed by atoms with Crippen molar-refractivity contribution in [2.75, 3.05) is 19.5 Å². The number of carbonyl (C=O) groups is 1. The number of benzene rings is 1. The molecule has 0 radical (unpaired) electrons. The molecule has 0 saturated heterocycles. The quantitative estimate of drug-likeness (QED) is 0.829. The first kappa shape index (κ1) is 16.3. The second kappa shape index (κ2) is 6.12. The SMILES string of the molecule is COc1ccc(C2CC(=O)Nc3c2c(=O)[nH]c(=S)n3C)cc1OC. The third kappa shape index (κ3) is 2.58. The molecular formula is C16H17N3O4S. The van der Waals surface area contributed by atoms with Crippen LogP contribution in [0.15, 0.2) is 23.0 Å². The van der Waals surface area contributed by atoms with Gasteiger partial charge in [-0.25, -0.2) is 0 Å². The number of hydrogen-bond acceptors (Lipinski definition) is 5. The molecule has 2 N–H and O–H groups in total. The van der Waals surface area contributed by atoms with Crippen molar-refractivity contribution in [1.29, 1.82) is 0 Å². The van der Waals surface area contributed by atoms with Gasteiger partial charge in [0, 0.05) is 19.4 Å². The van der Waals surface area contributed by atoms with E-state index in [-0.39, 0.29) is 28.6 Å². The Kier molecular flexibility index (Phi) is 4.15. The summed E-state index contributed by atoms with van der Waals surface area (Å²) in [5.74, 6) is 1.00. The van der Waals surface area contributed by atoms with Gasteiger partial charge < -0.3 is 19.4 Å². The zero-order valence-corrected chi connectivity index (χ0v) is 14.3.